The van der Waals surface area contributed by atoms with Gasteiger partial charge in [-0.1, -0.05) is 31.1 Å². The summed E-state index contributed by atoms with van der Waals surface area (Å²) < 4.78 is 0. The molecule has 0 spiro atoms. The van der Waals surface area contributed by atoms with E-state index in [0.29, 0.717) is 13.2 Å². The van der Waals surface area contributed by atoms with E-state index in [9.17, 15) is 0 Å². The molecule has 0 aromatic heterocycles. The molecule has 0 radical (unpaired) electrons. The first-order chi connectivity index (χ1) is 9.33. The first kappa shape index (κ1) is 31.6. The predicted octanol–water partition coefficient (Wildman–Crippen LogP) is 0.287. The molecule has 0 bridgehead atoms. The van der Waals surface area contributed by atoms with E-state index in [-0.39, 0.29) is 72.4 Å². The van der Waals surface area contributed by atoms with Crippen molar-refractivity contribution >= 4 is 21.6 Å². The molecule has 0 amide bonds. The molecule has 4 nitrogen and oxygen atoms in total. The molecule has 0 rings (SSSR count). The molecule has 0 unspecified atom stereocenters. The molecular weight excluding hydrogens is 503 g/mol. The average Bonchev–Trinajstić information content (AvgIpc) is 2.45. The second-order valence-corrected chi connectivity index (χ2v) is 6.36. The van der Waals surface area contributed by atoms with Gasteiger partial charge in [0.15, 0.2) is 0 Å². The van der Waals surface area contributed by atoms with Gasteiger partial charge >= 0.3 is 51.4 Å². The van der Waals surface area contributed by atoms with E-state index in [2.05, 4.69) is 24.6 Å². The number of aliphatic hydroxyl groups is 1. The third kappa shape index (κ3) is 39.5. The van der Waals surface area contributed by atoms with E-state index in [1.807, 2.05) is 6.92 Å². The molecule has 0 atom stereocenters. The van der Waals surface area contributed by atoms with Crippen molar-refractivity contribution in [3.8, 4) is 0 Å². The zero-order valence-corrected chi connectivity index (χ0v) is 21.5. The predicted molar refractivity (Wildman–Crippen MR) is 89.6 cm³/mol. The van der Waals surface area contributed by atoms with Gasteiger partial charge in [0.1, 0.15) is 0 Å². The summed E-state index contributed by atoms with van der Waals surface area (Å²) in [6.45, 7) is 11.6. The molecule has 0 aliphatic carbocycles. The summed E-state index contributed by atoms with van der Waals surface area (Å²) in [5.74, 6) is 1.89. The Hall–Kier alpha value is 2.86. The smallest absolute Gasteiger partial charge is 0.533 e. The maximum atomic E-state index is 7.88. The van der Waals surface area contributed by atoms with E-state index in [4.69, 9.17) is 9.94 Å². The first-order valence-corrected chi connectivity index (χ1v) is 9.46. The Bertz CT molecular complexity index is 141. The van der Waals surface area contributed by atoms with Gasteiger partial charge in [0.05, 0.1) is 0 Å². The van der Waals surface area contributed by atoms with Crippen LogP contribution in [0.1, 0.15) is 33.1 Å². The number of nitrogens with one attached hydrogen (secondary N) is 1. The minimum Gasteiger partial charge on any atom is -0.533 e. The zero-order chi connectivity index (χ0) is 14.6. The van der Waals surface area contributed by atoms with Crippen molar-refractivity contribution in [3.05, 3.63) is 12.4 Å². The molecule has 21 heavy (non-hydrogen) atoms. The van der Waals surface area contributed by atoms with Gasteiger partial charge in [0, 0.05) is 40.0 Å². The number of nitrogens with zero attached hydrogens (tertiary/aromatic N) is 1. The molecule has 0 aromatic rings. The van der Waals surface area contributed by atoms with Gasteiger partial charge in [-0.3, -0.25) is 0 Å². The maximum Gasteiger partial charge on any atom is 1.00 e. The molecule has 0 heterocycles. The van der Waals surface area contributed by atoms with E-state index in [1.54, 1.807) is 21.6 Å². The standard InChI is InChI=1S/C10H22N2OS2.C3H8O.K.W/c1-3-5-6-11-7-8-12-13-9-10-15-14-4-2;1-2-3-4;;/h11H,2-10H2,1H3;4H,2-3H2,1H3;;/q-2;;+1;. The van der Waals surface area contributed by atoms with Crippen LogP contribution in [0.2, 0.25) is 0 Å². The normalized spacial score (nSPS) is 9.14. The van der Waals surface area contributed by atoms with Crippen LogP contribution in [0.3, 0.4) is 0 Å². The largest absolute Gasteiger partial charge is 1.00 e. The fourth-order valence-electron chi connectivity index (χ4n) is 0.870. The van der Waals surface area contributed by atoms with Gasteiger partial charge in [0.2, 0.25) is 0 Å². The third-order valence-electron chi connectivity index (χ3n) is 1.83. The number of hydroxylamine groups is 1. The van der Waals surface area contributed by atoms with E-state index in [1.165, 1.54) is 12.8 Å². The summed E-state index contributed by atoms with van der Waals surface area (Å²) in [7, 11) is 3.54. The van der Waals surface area contributed by atoms with Crippen LogP contribution in [0, 0.1) is 6.92 Å². The summed E-state index contributed by atoms with van der Waals surface area (Å²) in [4.78, 5) is 5.12. The Morgan fingerprint density at radius 1 is 1.19 bits per heavy atom. The van der Waals surface area contributed by atoms with Gasteiger partial charge in [-0.05, 0) is 25.9 Å². The van der Waals surface area contributed by atoms with E-state index in [0.717, 1.165) is 37.6 Å². The van der Waals surface area contributed by atoms with Gasteiger partial charge in [-0.25, -0.2) is 0 Å². The van der Waals surface area contributed by atoms with Gasteiger partial charge < -0.3 is 27.7 Å². The molecule has 0 saturated heterocycles. The molecule has 0 fully saturated rings. The topological polar surface area (TPSA) is 55.6 Å². The van der Waals surface area contributed by atoms with Crippen molar-refractivity contribution in [2.75, 3.05) is 44.4 Å². The molecule has 8 heteroatoms. The minimum atomic E-state index is 0. The van der Waals surface area contributed by atoms with Gasteiger partial charge in [-0.2, -0.15) is 0 Å². The quantitative estimate of drug-likeness (QED) is 0.117. The fraction of sp³-hybridized carbons (Fsp3) is 0.923. The monoisotopic (exact) mass is 533 g/mol. The van der Waals surface area contributed by atoms with Crippen LogP contribution in [0.15, 0.2) is 0 Å². The summed E-state index contributed by atoms with van der Waals surface area (Å²) in [5, 5.41) is 11.2. The maximum absolute atomic E-state index is 7.88. The molecule has 0 aliphatic heterocycles. The van der Waals surface area contributed by atoms with Crippen LogP contribution in [0.5, 0.6) is 0 Å². The van der Waals surface area contributed by atoms with Gasteiger partial charge in [0.25, 0.3) is 0 Å². The van der Waals surface area contributed by atoms with E-state index >= 15 is 0 Å². The minimum absolute atomic E-state index is 0. The van der Waals surface area contributed by atoms with Crippen molar-refractivity contribution in [2.24, 2.45) is 0 Å². The van der Waals surface area contributed by atoms with Crippen molar-refractivity contribution in [1.82, 2.24) is 5.32 Å². The average molecular weight is 533 g/mol. The SMILES string of the molecule is CCCO.[CH2-]CSSCCO[N-]CCNCCCC.[K+].[W]. The summed E-state index contributed by atoms with van der Waals surface area (Å²) >= 11 is 0. The van der Waals surface area contributed by atoms with Crippen molar-refractivity contribution in [2.45, 2.75) is 33.1 Å². The van der Waals surface area contributed by atoms with Crippen LogP contribution >= 0.6 is 21.6 Å². The Balaban J connectivity index is -0.000000213. The Kier molecular flexibility index (Phi) is 51.6. The summed E-state index contributed by atoms with van der Waals surface area (Å²) in [5.41, 5.74) is 3.97. The summed E-state index contributed by atoms with van der Waals surface area (Å²) in [6.07, 6.45) is 3.35. The Labute approximate surface area is 196 Å². The summed E-state index contributed by atoms with van der Waals surface area (Å²) in [6, 6.07) is 0. The van der Waals surface area contributed by atoms with Crippen LogP contribution in [0.25, 0.3) is 5.48 Å². The zero-order valence-electron chi connectivity index (χ0n) is 13.8. The molecule has 0 saturated carbocycles. The second kappa shape index (κ2) is 34.3. The molecule has 2 N–H and O–H groups in total. The second-order valence-electron chi connectivity index (χ2n) is 3.66. The van der Waals surface area contributed by atoms with Crippen LogP contribution in [-0.2, 0) is 25.9 Å². The Morgan fingerprint density at radius 2 is 1.86 bits per heavy atom. The first-order valence-electron chi connectivity index (χ1n) is 6.97. The number of hydrogen-bond acceptors (Lipinski definition) is 5. The number of rotatable bonds is 13. The third-order valence-corrected chi connectivity index (χ3v) is 3.99. The van der Waals surface area contributed by atoms with Crippen LogP contribution < -0.4 is 56.7 Å². The Morgan fingerprint density at radius 3 is 2.38 bits per heavy atom. The molecule has 124 valence electrons. The van der Waals surface area contributed by atoms with Crippen molar-refractivity contribution in [1.29, 1.82) is 0 Å². The molecule has 0 aliphatic rings. The molecular formula is C13H30KN2O2S2W-. The van der Waals surface area contributed by atoms with Crippen molar-refractivity contribution in [3.63, 3.8) is 0 Å². The van der Waals surface area contributed by atoms with Crippen LogP contribution in [0.4, 0.5) is 0 Å². The number of unbranched alkanes of at least 4 members (excludes halogenated alkanes) is 1. The van der Waals surface area contributed by atoms with E-state index < -0.39 is 0 Å². The molecule has 0 aromatic carbocycles. The number of hydrogen-bond donors (Lipinski definition) is 2. The van der Waals surface area contributed by atoms with Crippen molar-refractivity contribution < 1.29 is 82.4 Å². The fourth-order valence-corrected chi connectivity index (χ4v) is 2.16. The van der Waals surface area contributed by atoms with Crippen LogP contribution in [-0.4, -0.2) is 49.5 Å². The number of aliphatic hydroxyl groups excluding tert-OH is 1. The van der Waals surface area contributed by atoms with Gasteiger partial charge in [-0.15, -0.1) is 23.1 Å².